The summed E-state index contributed by atoms with van der Waals surface area (Å²) in [6.45, 7) is 6.11. The summed E-state index contributed by atoms with van der Waals surface area (Å²) in [7, 11) is 0. The highest BCUT2D eigenvalue weighted by molar-refractivity contribution is 5.71. The third-order valence-corrected chi connectivity index (χ3v) is 10.0. The van der Waals surface area contributed by atoms with Crippen molar-refractivity contribution in [3.8, 4) is 0 Å². The summed E-state index contributed by atoms with van der Waals surface area (Å²) < 4.78 is 16.7. The number of hydrogen-bond acceptors (Lipinski definition) is 6. The second-order valence-corrected chi connectivity index (χ2v) is 16.4. The number of allylic oxidation sites excluding steroid dienone is 30. The molecule has 0 rings (SSSR count). The fraction of sp³-hybridized carbons (Fsp3) is 0.476. The number of carbonyl (C=O) groups excluding carboxylic acids is 3. The Morgan fingerprint density at radius 3 is 1.00 bits per heavy atom. The zero-order valence-corrected chi connectivity index (χ0v) is 43.2. The second-order valence-electron chi connectivity index (χ2n) is 16.4. The molecular formula is C63H92O6. The van der Waals surface area contributed by atoms with Crippen molar-refractivity contribution in [3.05, 3.63) is 182 Å². The van der Waals surface area contributed by atoms with E-state index in [1.807, 2.05) is 54.7 Å². The van der Waals surface area contributed by atoms with Crippen LogP contribution in [0.4, 0.5) is 0 Å². The molecule has 380 valence electrons. The van der Waals surface area contributed by atoms with Crippen LogP contribution < -0.4 is 0 Å². The van der Waals surface area contributed by atoms with E-state index < -0.39 is 6.10 Å². The maximum absolute atomic E-state index is 12.8. The average molecular weight is 945 g/mol. The van der Waals surface area contributed by atoms with Gasteiger partial charge in [-0.25, -0.2) is 0 Å². The highest BCUT2D eigenvalue weighted by atomic mass is 16.6. The van der Waals surface area contributed by atoms with Crippen LogP contribution in [0.25, 0.3) is 0 Å². The van der Waals surface area contributed by atoms with Crippen LogP contribution in [-0.2, 0) is 28.6 Å². The van der Waals surface area contributed by atoms with Gasteiger partial charge in [-0.3, -0.25) is 14.4 Å². The van der Waals surface area contributed by atoms with Gasteiger partial charge in [0, 0.05) is 19.3 Å². The Hall–Kier alpha value is -5.49. The maximum atomic E-state index is 12.8. The first kappa shape index (κ1) is 63.5. The van der Waals surface area contributed by atoms with Gasteiger partial charge >= 0.3 is 17.9 Å². The van der Waals surface area contributed by atoms with E-state index in [1.54, 1.807) is 0 Å². The third kappa shape index (κ3) is 53.3. The van der Waals surface area contributed by atoms with E-state index in [4.69, 9.17) is 14.2 Å². The Morgan fingerprint density at radius 1 is 0.304 bits per heavy atom. The monoisotopic (exact) mass is 945 g/mol. The molecule has 0 aliphatic heterocycles. The van der Waals surface area contributed by atoms with Crippen molar-refractivity contribution in [2.24, 2.45) is 0 Å². The molecule has 0 bridgehead atoms. The van der Waals surface area contributed by atoms with Crippen molar-refractivity contribution in [2.45, 2.75) is 181 Å². The van der Waals surface area contributed by atoms with Crippen LogP contribution in [0.5, 0.6) is 0 Å². The summed E-state index contributed by atoms with van der Waals surface area (Å²) in [6, 6.07) is 0. The lowest BCUT2D eigenvalue weighted by Crippen LogP contribution is -2.30. The lowest BCUT2D eigenvalue weighted by atomic mass is 10.1. The predicted octanol–water partition coefficient (Wildman–Crippen LogP) is 17.7. The fourth-order valence-corrected chi connectivity index (χ4v) is 6.17. The summed E-state index contributed by atoms with van der Waals surface area (Å²) in [5.41, 5.74) is 0. The van der Waals surface area contributed by atoms with Gasteiger partial charge in [-0.15, -0.1) is 0 Å². The minimum atomic E-state index is -0.849. The normalized spacial score (nSPS) is 13.6. The number of ether oxygens (including phenoxy) is 3. The molecule has 0 aromatic rings. The second kappa shape index (κ2) is 55.1. The van der Waals surface area contributed by atoms with Crippen molar-refractivity contribution in [1.82, 2.24) is 0 Å². The van der Waals surface area contributed by atoms with E-state index in [1.165, 1.54) is 0 Å². The number of unbranched alkanes of at least 4 members (excludes halogenated alkanes) is 7. The molecule has 1 unspecified atom stereocenters. The highest BCUT2D eigenvalue weighted by Gasteiger charge is 2.19. The smallest absolute Gasteiger partial charge is 0.306 e. The lowest BCUT2D eigenvalue weighted by Gasteiger charge is -2.18. The predicted molar refractivity (Wildman–Crippen MR) is 297 cm³/mol. The molecule has 0 fully saturated rings. The molecule has 0 saturated heterocycles. The van der Waals surface area contributed by atoms with Crippen LogP contribution in [0.3, 0.4) is 0 Å². The summed E-state index contributed by atoms with van der Waals surface area (Å²) in [5, 5.41) is 0. The van der Waals surface area contributed by atoms with Crippen LogP contribution >= 0.6 is 0 Å². The molecule has 0 saturated carbocycles. The molecule has 0 aliphatic rings. The fourth-order valence-electron chi connectivity index (χ4n) is 6.17. The van der Waals surface area contributed by atoms with Crippen molar-refractivity contribution in [2.75, 3.05) is 13.2 Å². The van der Waals surface area contributed by atoms with Gasteiger partial charge in [0.25, 0.3) is 0 Å². The Labute approximate surface area is 421 Å². The van der Waals surface area contributed by atoms with Crippen molar-refractivity contribution < 1.29 is 28.6 Å². The van der Waals surface area contributed by atoms with Gasteiger partial charge in [0.15, 0.2) is 6.10 Å². The van der Waals surface area contributed by atoms with E-state index in [2.05, 4.69) is 148 Å². The minimum Gasteiger partial charge on any atom is -0.462 e. The molecule has 1 atom stereocenters. The van der Waals surface area contributed by atoms with Gasteiger partial charge in [0.1, 0.15) is 13.2 Å². The van der Waals surface area contributed by atoms with Crippen molar-refractivity contribution >= 4 is 17.9 Å². The number of carbonyl (C=O) groups is 3. The Bertz CT molecular complexity index is 1700. The summed E-state index contributed by atoms with van der Waals surface area (Å²) in [6.07, 6.45) is 83.1. The SMILES string of the molecule is CC/C=C/C=C/C=C/C=C/C=C/CCCC(=O)OCC(COC(=O)CCCCC/C=C/C/C=C/C/C=C/C/C=C/C/C=C/CC)OC(=O)CCCCC/C=C/C/C=C/C/C=C/C/C=C/C/C=C/CC. The first-order valence-corrected chi connectivity index (χ1v) is 26.4. The Balaban J connectivity index is 4.64. The topological polar surface area (TPSA) is 78.9 Å². The number of esters is 3. The van der Waals surface area contributed by atoms with Gasteiger partial charge in [-0.1, -0.05) is 216 Å². The zero-order valence-electron chi connectivity index (χ0n) is 43.2. The van der Waals surface area contributed by atoms with Gasteiger partial charge in [-0.2, -0.15) is 0 Å². The third-order valence-electron chi connectivity index (χ3n) is 10.0. The van der Waals surface area contributed by atoms with E-state index in [9.17, 15) is 14.4 Å². The summed E-state index contributed by atoms with van der Waals surface area (Å²) in [5.74, 6) is -1.10. The Kier molecular flexibility index (Phi) is 50.7. The molecule has 6 heteroatoms. The molecule has 0 aromatic carbocycles. The Morgan fingerprint density at radius 2 is 0.609 bits per heavy atom. The largest absolute Gasteiger partial charge is 0.462 e. The average Bonchev–Trinajstić information content (AvgIpc) is 3.35. The first-order chi connectivity index (χ1) is 34.0. The molecule has 69 heavy (non-hydrogen) atoms. The van der Waals surface area contributed by atoms with Crippen LogP contribution in [0.1, 0.15) is 175 Å². The lowest BCUT2D eigenvalue weighted by molar-refractivity contribution is -0.167. The van der Waals surface area contributed by atoms with E-state index >= 15 is 0 Å². The summed E-state index contributed by atoms with van der Waals surface area (Å²) >= 11 is 0. The summed E-state index contributed by atoms with van der Waals surface area (Å²) in [4.78, 5) is 38.0. The van der Waals surface area contributed by atoms with E-state index in [0.717, 1.165) is 122 Å². The van der Waals surface area contributed by atoms with Crippen LogP contribution in [0, 0.1) is 0 Å². The minimum absolute atomic E-state index is 0.142. The van der Waals surface area contributed by atoms with E-state index in [-0.39, 0.29) is 50.4 Å². The van der Waals surface area contributed by atoms with E-state index in [0.29, 0.717) is 12.8 Å². The zero-order chi connectivity index (χ0) is 50.0. The molecule has 0 amide bonds. The molecule has 0 heterocycles. The van der Waals surface area contributed by atoms with Gasteiger partial charge in [0.2, 0.25) is 0 Å². The number of hydrogen-bond donors (Lipinski definition) is 0. The van der Waals surface area contributed by atoms with Crippen LogP contribution in [-0.4, -0.2) is 37.2 Å². The van der Waals surface area contributed by atoms with Crippen molar-refractivity contribution in [3.63, 3.8) is 0 Å². The molecule has 0 N–H and O–H groups in total. The molecule has 6 nitrogen and oxygen atoms in total. The molecule has 0 spiro atoms. The van der Waals surface area contributed by atoms with Crippen molar-refractivity contribution in [1.29, 1.82) is 0 Å². The van der Waals surface area contributed by atoms with Crippen LogP contribution in [0.2, 0.25) is 0 Å². The number of rotatable bonds is 44. The van der Waals surface area contributed by atoms with Gasteiger partial charge < -0.3 is 14.2 Å². The first-order valence-electron chi connectivity index (χ1n) is 26.4. The molecular weight excluding hydrogens is 853 g/mol. The van der Waals surface area contributed by atoms with Crippen LogP contribution in [0.15, 0.2) is 182 Å². The quantitative estimate of drug-likeness (QED) is 0.0199. The van der Waals surface area contributed by atoms with Gasteiger partial charge in [0.05, 0.1) is 0 Å². The maximum Gasteiger partial charge on any atom is 0.306 e. The molecule has 0 radical (unpaired) electrons. The highest BCUT2D eigenvalue weighted by Crippen LogP contribution is 2.10. The van der Waals surface area contributed by atoms with Gasteiger partial charge in [-0.05, 0) is 122 Å². The standard InChI is InChI=1S/C63H92O6/c1-4-7-10-13-16-19-22-25-27-29-31-33-35-38-41-44-47-50-53-56-62(65)68-59-60(58-67-61(64)55-52-49-46-43-40-37-24-21-18-15-12-9-6-3)69-63(66)57-54-51-48-45-42-39-36-34-32-30-28-26-23-20-17-14-11-8-5-2/h7-12,15-21,24-28,31-34,37-43,46,60H,4-6,13-14,22-23,29-30,35-36,44-45,47-59H2,1-3H3/b10-7+,11-8+,12-9+,18-15+,19-16+,20-17+,24-21+,27-25+,28-26+,33-31+,34-32+,40-37+,41-38+,42-39+,46-43+. The molecule has 0 aliphatic carbocycles. The molecule has 0 aromatic heterocycles.